The normalized spacial score (nSPS) is 16.3. The highest BCUT2D eigenvalue weighted by molar-refractivity contribution is 6.01. The number of alkyl halides is 1. The zero-order chi connectivity index (χ0) is 28.1. The van der Waals surface area contributed by atoms with Crippen LogP contribution < -0.4 is 16.1 Å². The number of aromatic amines is 2. The van der Waals surface area contributed by atoms with Gasteiger partial charge in [-0.2, -0.15) is 0 Å². The Kier molecular flexibility index (Phi) is 6.36. The van der Waals surface area contributed by atoms with Crippen LogP contribution in [0.4, 0.5) is 8.78 Å². The standard InChI is InChI=1S/C31H28F2N6O2/c1-16(32)12-34-15-27-36-13-24(38-27)18-5-7-26-21(10-18)29(40)22-11-19-9-17(4-6-20(19)28(33)30(22)41-26)25-14-37-31(39-25)23-3-2-8-35-23/h4-7,9-11,13-14,16,23,34-35H,2-3,8,12,15H2,1H3,(H,36,38)(H,37,39). The fourth-order valence-electron chi connectivity index (χ4n) is 5.57. The van der Waals surface area contributed by atoms with E-state index in [1.165, 1.54) is 6.92 Å². The number of H-pyrrole nitrogens is 2. The van der Waals surface area contributed by atoms with E-state index in [1.807, 2.05) is 12.1 Å². The van der Waals surface area contributed by atoms with Gasteiger partial charge in [0.15, 0.2) is 11.4 Å². The van der Waals surface area contributed by atoms with Gasteiger partial charge in [-0.15, -0.1) is 0 Å². The molecule has 2 atom stereocenters. The molecule has 0 bridgehead atoms. The van der Waals surface area contributed by atoms with Crippen LogP contribution in [-0.2, 0) is 6.54 Å². The van der Waals surface area contributed by atoms with Crippen LogP contribution in [0.1, 0.15) is 37.5 Å². The van der Waals surface area contributed by atoms with Gasteiger partial charge in [0, 0.05) is 23.1 Å². The first-order valence-corrected chi connectivity index (χ1v) is 13.7. The van der Waals surface area contributed by atoms with E-state index in [-0.39, 0.29) is 29.0 Å². The van der Waals surface area contributed by atoms with Crippen LogP contribution in [0.15, 0.2) is 64.1 Å². The third-order valence-electron chi connectivity index (χ3n) is 7.67. The highest BCUT2D eigenvalue weighted by atomic mass is 19.1. The molecule has 1 aliphatic rings. The van der Waals surface area contributed by atoms with Gasteiger partial charge in [0.05, 0.1) is 47.1 Å². The molecule has 1 fully saturated rings. The lowest BCUT2D eigenvalue weighted by Gasteiger charge is -2.09. The minimum Gasteiger partial charge on any atom is -0.453 e. The van der Waals surface area contributed by atoms with Crippen molar-refractivity contribution in [2.45, 2.75) is 38.5 Å². The molecule has 1 saturated heterocycles. The SMILES string of the molecule is CC(F)CNCc1ncc(-c2ccc3oc4c(F)c5ccc(-c6cnc(C7CCCN7)[nH]6)cc5cc4c(=O)c3c2)[nH]1. The fraction of sp³-hybridized carbons (Fsp3) is 0.258. The Balaban J connectivity index is 1.27. The number of rotatable bonds is 7. The van der Waals surface area contributed by atoms with Crippen molar-refractivity contribution in [3.8, 4) is 22.5 Å². The molecular weight excluding hydrogens is 526 g/mol. The highest BCUT2D eigenvalue weighted by Gasteiger charge is 2.20. The molecule has 0 saturated carbocycles. The minimum absolute atomic E-state index is 0.0661. The van der Waals surface area contributed by atoms with E-state index >= 15 is 4.39 Å². The number of nitrogens with one attached hydrogen (secondary N) is 4. The number of fused-ring (bicyclic) bond motifs is 3. The van der Waals surface area contributed by atoms with Crippen molar-refractivity contribution in [2.75, 3.05) is 13.1 Å². The lowest BCUT2D eigenvalue weighted by atomic mass is 10.0. The summed E-state index contributed by atoms with van der Waals surface area (Å²) in [5.74, 6) is 0.973. The Morgan fingerprint density at radius 2 is 1.83 bits per heavy atom. The minimum atomic E-state index is -0.954. The van der Waals surface area contributed by atoms with Crippen molar-refractivity contribution in [1.82, 2.24) is 30.6 Å². The van der Waals surface area contributed by atoms with Gasteiger partial charge >= 0.3 is 0 Å². The number of halogens is 2. The maximum absolute atomic E-state index is 15.7. The summed E-state index contributed by atoms with van der Waals surface area (Å²) in [4.78, 5) is 29.1. The Bertz CT molecular complexity index is 1970. The third kappa shape index (κ3) is 4.68. The van der Waals surface area contributed by atoms with Gasteiger partial charge in [-0.25, -0.2) is 18.7 Å². The maximum Gasteiger partial charge on any atom is 0.200 e. The molecule has 2 unspecified atom stereocenters. The van der Waals surface area contributed by atoms with Crippen molar-refractivity contribution in [1.29, 1.82) is 0 Å². The Morgan fingerprint density at radius 3 is 2.66 bits per heavy atom. The van der Waals surface area contributed by atoms with Crippen molar-refractivity contribution in [2.24, 2.45) is 0 Å². The van der Waals surface area contributed by atoms with Crippen molar-refractivity contribution in [3.05, 3.63) is 82.5 Å². The topological polar surface area (TPSA) is 112 Å². The van der Waals surface area contributed by atoms with E-state index in [0.29, 0.717) is 39.8 Å². The van der Waals surface area contributed by atoms with Crippen LogP contribution in [0.2, 0.25) is 0 Å². The molecule has 3 aromatic carbocycles. The van der Waals surface area contributed by atoms with Crippen LogP contribution in [0.25, 0.3) is 55.2 Å². The van der Waals surface area contributed by atoms with Crippen LogP contribution in [0, 0.1) is 5.82 Å². The molecule has 8 nitrogen and oxygen atoms in total. The molecule has 0 spiro atoms. The zero-order valence-electron chi connectivity index (χ0n) is 22.4. The predicted octanol–water partition coefficient (Wildman–Crippen LogP) is 5.89. The molecule has 10 heteroatoms. The quantitative estimate of drug-likeness (QED) is 0.183. The molecule has 4 N–H and O–H groups in total. The molecular formula is C31H28F2N6O2. The van der Waals surface area contributed by atoms with Crippen molar-refractivity contribution < 1.29 is 13.2 Å². The first kappa shape index (κ1) is 25.6. The van der Waals surface area contributed by atoms with E-state index in [2.05, 4.69) is 30.6 Å². The molecule has 7 rings (SSSR count). The number of aromatic nitrogens is 4. The Labute approximate surface area is 233 Å². The number of hydrogen-bond acceptors (Lipinski definition) is 6. The molecule has 0 amide bonds. The summed E-state index contributed by atoms with van der Waals surface area (Å²) in [6.07, 6.45) is 4.65. The first-order chi connectivity index (χ1) is 19.9. The average Bonchev–Trinajstić information content (AvgIpc) is 3.76. The molecule has 6 aromatic rings. The summed E-state index contributed by atoms with van der Waals surface area (Å²) in [5, 5.41) is 7.91. The lowest BCUT2D eigenvalue weighted by molar-refractivity contribution is 0.343. The second-order valence-corrected chi connectivity index (χ2v) is 10.6. The summed E-state index contributed by atoms with van der Waals surface area (Å²) in [6, 6.07) is 12.5. The second kappa shape index (κ2) is 10.2. The molecule has 1 aliphatic heterocycles. The number of nitrogens with zero attached hydrogens (tertiary/aromatic N) is 2. The maximum atomic E-state index is 15.7. The van der Waals surface area contributed by atoms with E-state index in [9.17, 15) is 9.18 Å². The molecule has 0 aliphatic carbocycles. The molecule has 3 aromatic heterocycles. The van der Waals surface area contributed by atoms with Gasteiger partial charge in [-0.1, -0.05) is 12.1 Å². The van der Waals surface area contributed by atoms with Crippen LogP contribution in [0.5, 0.6) is 0 Å². The lowest BCUT2D eigenvalue weighted by Crippen LogP contribution is -2.21. The van der Waals surface area contributed by atoms with Crippen LogP contribution in [0.3, 0.4) is 0 Å². The Morgan fingerprint density at radius 1 is 1.02 bits per heavy atom. The number of hydrogen-bond donors (Lipinski definition) is 4. The summed E-state index contributed by atoms with van der Waals surface area (Å²) in [6.45, 7) is 3.08. The van der Waals surface area contributed by atoms with Gasteiger partial charge in [0.2, 0.25) is 5.43 Å². The van der Waals surface area contributed by atoms with Gasteiger partial charge < -0.3 is 25.0 Å². The summed E-state index contributed by atoms with van der Waals surface area (Å²) < 4.78 is 34.7. The predicted molar refractivity (Wildman–Crippen MR) is 155 cm³/mol. The molecule has 4 heterocycles. The molecule has 208 valence electrons. The van der Waals surface area contributed by atoms with E-state index < -0.39 is 12.0 Å². The summed E-state index contributed by atoms with van der Waals surface area (Å²) in [5.41, 5.74) is 3.04. The fourth-order valence-corrected chi connectivity index (χ4v) is 5.57. The van der Waals surface area contributed by atoms with Crippen molar-refractivity contribution in [3.63, 3.8) is 0 Å². The van der Waals surface area contributed by atoms with E-state index in [4.69, 9.17) is 4.42 Å². The highest BCUT2D eigenvalue weighted by Crippen LogP contribution is 2.32. The van der Waals surface area contributed by atoms with Crippen molar-refractivity contribution >= 4 is 32.7 Å². The molecule has 0 radical (unpaired) electrons. The van der Waals surface area contributed by atoms with E-state index in [1.54, 1.807) is 42.7 Å². The molecule has 41 heavy (non-hydrogen) atoms. The number of benzene rings is 3. The Hall–Kier alpha value is -4.41. The van der Waals surface area contributed by atoms with Gasteiger partial charge in [0.25, 0.3) is 0 Å². The smallest absolute Gasteiger partial charge is 0.200 e. The average molecular weight is 555 g/mol. The van der Waals surface area contributed by atoms with Gasteiger partial charge in [-0.05, 0) is 62.0 Å². The van der Waals surface area contributed by atoms with Crippen LogP contribution in [-0.4, -0.2) is 39.2 Å². The number of imidazole rings is 2. The summed E-state index contributed by atoms with van der Waals surface area (Å²) in [7, 11) is 0. The van der Waals surface area contributed by atoms with Gasteiger partial charge in [0.1, 0.15) is 23.4 Å². The summed E-state index contributed by atoms with van der Waals surface area (Å²) >= 11 is 0. The monoisotopic (exact) mass is 554 g/mol. The first-order valence-electron chi connectivity index (χ1n) is 13.7. The van der Waals surface area contributed by atoms with Crippen LogP contribution >= 0.6 is 0 Å². The zero-order valence-corrected chi connectivity index (χ0v) is 22.4. The second-order valence-electron chi connectivity index (χ2n) is 10.6. The largest absolute Gasteiger partial charge is 0.453 e. The third-order valence-corrected chi connectivity index (χ3v) is 7.67. The van der Waals surface area contributed by atoms with E-state index in [0.717, 1.165) is 42.0 Å². The van der Waals surface area contributed by atoms with Gasteiger partial charge in [-0.3, -0.25) is 4.79 Å².